The minimum Gasteiger partial charge on any atom is -0.512 e. The number of hydrogen-bond acceptors (Lipinski definition) is 1. The summed E-state index contributed by atoms with van der Waals surface area (Å²) >= 11 is 0. The zero-order chi connectivity index (χ0) is 15.0. The molecule has 1 heterocycles. The smallest absolute Gasteiger partial charge is 0.0922 e. The van der Waals surface area contributed by atoms with Crippen LogP contribution in [0.15, 0.2) is 60.9 Å². The van der Waals surface area contributed by atoms with Gasteiger partial charge in [0.15, 0.2) is 0 Å². The van der Waals surface area contributed by atoms with Crippen LogP contribution in [0.4, 0.5) is 0 Å². The molecule has 2 nitrogen and oxygen atoms in total. The maximum absolute atomic E-state index is 9.48. The van der Waals surface area contributed by atoms with Crippen molar-refractivity contribution in [2.75, 3.05) is 0 Å². The Kier molecular flexibility index (Phi) is 3.30. The molecule has 0 amide bonds. The first-order valence-electron chi connectivity index (χ1n) is 7.12. The number of allylic oxidation sites excluding steroid dienone is 1. The highest BCUT2D eigenvalue weighted by Crippen LogP contribution is 2.27. The highest BCUT2D eigenvalue weighted by molar-refractivity contribution is 5.85. The molecule has 0 fully saturated rings. The molecule has 0 aliphatic heterocycles. The van der Waals surface area contributed by atoms with Gasteiger partial charge in [-0.25, -0.2) is 0 Å². The largest absolute Gasteiger partial charge is 0.512 e. The summed E-state index contributed by atoms with van der Waals surface area (Å²) in [5.41, 5.74) is 5.79. The Bertz CT molecular complexity index is 796. The van der Waals surface area contributed by atoms with Crippen molar-refractivity contribution < 1.29 is 5.11 Å². The first kappa shape index (κ1) is 13.5. The molecule has 3 rings (SSSR count). The fourth-order valence-corrected chi connectivity index (χ4v) is 2.61. The number of aliphatic hydroxyl groups excluding tert-OH is 1. The number of aliphatic hydroxyl groups is 1. The average molecular weight is 277 g/mol. The first-order chi connectivity index (χ1) is 10.0. The lowest BCUT2D eigenvalue weighted by Crippen LogP contribution is -1.95. The number of hydrogen-bond donors (Lipinski definition) is 2. The van der Waals surface area contributed by atoms with E-state index in [1.165, 1.54) is 22.2 Å². The molecule has 0 aliphatic rings. The third-order valence-corrected chi connectivity index (χ3v) is 4.00. The van der Waals surface area contributed by atoms with E-state index in [4.69, 9.17) is 0 Å². The Labute approximate surface area is 124 Å². The van der Waals surface area contributed by atoms with Gasteiger partial charge in [-0.1, -0.05) is 43.8 Å². The summed E-state index contributed by atoms with van der Waals surface area (Å²) in [4.78, 5) is 3.34. The van der Waals surface area contributed by atoms with E-state index < -0.39 is 0 Å². The summed E-state index contributed by atoms with van der Waals surface area (Å²) in [6.07, 6.45) is 0. The predicted octanol–water partition coefficient (Wildman–Crippen LogP) is 5.32. The molecule has 2 heteroatoms. The highest BCUT2D eigenvalue weighted by atomic mass is 16.3. The van der Waals surface area contributed by atoms with Crippen LogP contribution in [-0.2, 0) is 0 Å². The van der Waals surface area contributed by atoms with Crippen molar-refractivity contribution in [1.29, 1.82) is 0 Å². The van der Waals surface area contributed by atoms with Gasteiger partial charge in [0.25, 0.3) is 0 Å². The molecule has 0 radical (unpaired) electrons. The molecule has 3 aromatic rings. The van der Waals surface area contributed by atoms with Crippen LogP contribution in [0.1, 0.15) is 24.1 Å². The van der Waals surface area contributed by atoms with Crippen molar-refractivity contribution in [3.63, 3.8) is 0 Å². The van der Waals surface area contributed by atoms with E-state index in [9.17, 15) is 5.11 Å². The summed E-state index contributed by atoms with van der Waals surface area (Å²) in [5, 5.41) is 10.7. The predicted molar refractivity (Wildman–Crippen MR) is 88.7 cm³/mol. The molecule has 1 atom stereocenters. The van der Waals surface area contributed by atoms with Gasteiger partial charge < -0.3 is 10.1 Å². The van der Waals surface area contributed by atoms with Gasteiger partial charge >= 0.3 is 0 Å². The van der Waals surface area contributed by atoms with E-state index in [1.807, 2.05) is 19.1 Å². The third-order valence-electron chi connectivity index (χ3n) is 4.00. The SMILES string of the molecule is C=C(O)C(C)c1ccc(-c2ccc3[nH]c(C)cc3c2)cc1. The second kappa shape index (κ2) is 5.13. The molecule has 0 spiro atoms. The van der Waals surface area contributed by atoms with Crippen LogP contribution < -0.4 is 0 Å². The van der Waals surface area contributed by atoms with E-state index in [0.717, 1.165) is 11.1 Å². The summed E-state index contributed by atoms with van der Waals surface area (Å²) in [6.45, 7) is 7.62. The molecule has 106 valence electrons. The van der Waals surface area contributed by atoms with Crippen molar-refractivity contribution in [2.45, 2.75) is 19.8 Å². The zero-order valence-corrected chi connectivity index (χ0v) is 12.4. The van der Waals surface area contributed by atoms with Crippen LogP contribution in [0, 0.1) is 6.92 Å². The van der Waals surface area contributed by atoms with Gasteiger partial charge in [0.1, 0.15) is 0 Å². The summed E-state index contributed by atoms with van der Waals surface area (Å²) in [5.74, 6) is 0.167. The van der Waals surface area contributed by atoms with Crippen LogP contribution in [-0.4, -0.2) is 10.1 Å². The summed E-state index contributed by atoms with van der Waals surface area (Å²) in [7, 11) is 0. The normalized spacial score (nSPS) is 12.5. The molecule has 0 saturated carbocycles. The minimum atomic E-state index is -0.0335. The molecular formula is C19H19NO. The van der Waals surface area contributed by atoms with Crippen LogP contribution in [0.5, 0.6) is 0 Å². The number of fused-ring (bicyclic) bond motifs is 1. The van der Waals surface area contributed by atoms with Gasteiger partial charge in [-0.3, -0.25) is 0 Å². The quantitative estimate of drug-likeness (QED) is 0.624. The van der Waals surface area contributed by atoms with Crippen molar-refractivity contribution in [3.8, 4) is 11.1 Å². The second-order valence-electron chi connectivity index (χ2n) is 5.59. The van der Waals surface area contributed by atoms with Crippen LogP contribution >= 0.6 is 0 Å². The lowest BCUT2D eigenvalue weighted by molar-refractivity contribution is 0.378. The van der Waals surface area contributed by atoms with E-state index in [0.29, 0.717) is 0 Å². The number of aromatic nitrogens is 1. The molecule has 0 bridgehead atoms. The van der Waals surface area contributed by atoms with Gasteiger partial charge in [-0.05, 0) is 41.8 Å². The van der Waals surface area contributed by atoms with Gasteiger partial charge in [0.2, 0.25) is 0 Å². The number of aromatic amines is 1. The number of benzene rings is 2. The average Bonchev–Trinajstić information content (AvgIpc) is 2.85. The van der Waals surface area contributed by atoms with E-state index in [-0.39, 0.29) is 11.7 Å². The maximum Gasteiger partial charge on any atom is 0.0922 e. The summed E-state index contributed by atoms with van der Waals surface area (Å²) < 4.78 is 0. The number of H-pyrrole nitrogens is 1. The molecule has 2 aromatic carbocycles. The molecule has 1 aromatic heterocycles. The van der Waals surface area contributed by atoms with E-state index in [1.54, 1.807) is 0 Å². The third kappa shape index (κ3) is 2.57. The maximum atomic E-state index is 9.48. The Hall–Kier alpha value is -2.48. The van der Waals surface area contributed by atoms with Gasteiger partial charge in [-0.15, -0.1) is 0 Å². The van der Waals surface area contributed by atoms with Crippen molar-refractivity contribution >= 4 is 10.9 Å². The Morgan fingerprint density at radius 1 is 1.05 bits per heavy atom. The van der Waals surface area contributed by atoms with Gasteiger partial charge in [-0.2, -0.15) is 0 Å². The Morgan fingerprint density at radius 2 is 1.71 bits per heavy atom. The highest BCUT2D eigenvalue weighted by Gasteiger charge is 2.08. The molecular weight excluding hydrogens is 258 g/mol. The van der Waals surface area contributed by atoms with Crippen LogP contribution in [0.3, 0.4) is 0 Å². The zero-order valence-electron chi connectivity index (χ0n) is 12.4. The Balaban J connectivity index is 1.96. The van der Waals surface area contributed by atoms with E-state index in [2.05, 4.69) is 54.9 Å². The summed E-state index contributed by atoms with van der Waals surface area (Å²) in [6, 6.07) is 16.9. The Morgan fingerprint density at radius 3 is 2.38 bits per heavy atom. The van der Waals surface area contributed by atoms with Gasteiger partial charge in [0, 0.05) is 22.5 Å². The second-order valence-corrected chi connectivity index (χ2v) is 5.59. The number of aryl methyl sites for hydroxylation is 1. The monoisotopic (exact) mass is 277 g/mol. The fourth-order valence-electron chi connectivity index (χ4n) is 2.61. The molecule has 0 saturated heterocycles. The molecule has 21 heavy (non-hydrogen) atoms. The number of nitrogens with one attached hydrogen (secondary N) is 1. The van der Waals surface area contributed by atoms with Crippen molar-refractivity contribution in [3.05, 3.63) is 72.1 Å². The van der Waals surface area contributed by atoms with Crippen molar-refractivity contribution in [2.24, 2.45) is 0 Å². The molecule has 1 unspecified atom stereocenters. The lowest BCUT2D eigenvalue weighted by Gasteiger charge is -2.11. The van der Waals surface area contributed by atoms with Gasteiger partial charge in [0.05, 0.1) is 5.76 Å². The van der Waals surface area contributed by atoms with Crippen molar-refractivity contribution in [1.82, 2.24) is 4.98 Å². The van der Waals surface area contributed by atoms with E-state index >= 15 is 0 Å². The number of rotatable bonds is 3. The molecule has 0 aliphatic carbocycles. The van der Waals surface area contributed by atoms with Crippen LogP contribution in [0.2, 0.25) is 0 Å². The molecule has 2 N–H and O–H groups in total. The topological polar surface area (TPSA) is 36.0 Å². The fraction of sp³-hybridized carbons (Fsp3) is 0.158. The standard InChI is InChI=1S/C19H19NO/c1-12-10-18-11-17(8-9-19(18)20-12)16-6-4-15(5-7-16)13(2)14(3)21/h4-11,13,20-21H,3H2,1-2H3. The first-order valence-corrected chi connectivity index (χ1v) is 7.12. The lowest BCUT2D eigenvalue weighted by atomic mass is 9.96. The minimum absolute atomic E-state index is 0.0335. The van der Waals surface area contributed by atoms with Crippen LogP contribution in [0.25, 0.3) is 22.0 Å².